The summed E-state index contributed by atoms with van der Waals surface area (Å²) in [6.07, 6.45) is 5.86. The number of likely N-dealkylation sites (tertiary alicyclic amines) is 1. The molecule has 0 spiro atoms. The second-order valence-electron chi connectivity index (χ2n) is 6.86. The monoisotopic (exact) mass is 309 g/mol. The number of aryl methyl sites for hydroxylation is 1. The summed E-state index contributed by atoms with van der Waals surface area (Å²) in [4.78, 5) is 6.62. The van der Waals surface area contributed by atoms with E-state index in [1.807, 2.05) is 0 Å². The van der Waals surface area contributed by atoms with Crippen LogP contribution in [-0.4, -0.2) is 58.6 Å². The summed E-state index contributed by atoms with van der Waals surface area (Å²) in [7, 11) is 0. The molecule has 6 nitrogen and oxygen atoms in total. The van der Waals surface area contributed by atoms with Gasteiger partial charge in [-0.15, -0.1) is 0 Å². The van der Waals surface area contributed by atoms with Crippen LogP contribution in [-0.2, 0) is 11.2 Å². The van der Waals surface area contributed by atoms with Gasteiger partial charge in [-0.2, -0.15) is 4.98 Å². The zero-order chi connectivity index (χ0) is 15.4. The van der Waals surface area contributed by atoms with Crippen molar-refractivity contribution in [2.75, 3.05) is 32.8 Å². The summed E-state index contributed by atoms with van der Waals surface area (Å²) < 4.78 is 10.6. The lowest BCUT2D eigenvalue weighted by molar-refractivity contribution is -0.0375. The molecule has 1 unspecified atom stereocenters. The fourth-order valence-corrected chi connectivity index (χ4v) is 3.63. The van der Waals surface area contributed by atoms with E-state index in [1.165, 1.54) is 19.3 Å². The number of hydrogen-bond acceptors (Lipinski definition) is 6. The second kappa shape index (κ2) is 7.06. The molecular formula is C16H27N3O3. The van der Waals surface area contributed by atoms with Crippen LogP contribution in [0.25, 0.3) is 0 Å². The number of rotatable bonds is 5. The van der Waals surface area contributed by atoms with Crippen molar-refractivity contribution in [1.82, 2.24) is 15.0 Å². The molecule has 3 rings (SSSR count). The first-order chi connectivity index (χ1) is 10.6. The van der Waals surface area contributed by atoms with Crippen molar-refractivity contribution in [3.8, 4) is 0 Å². The molecule has 2 fully saturated rings. The van der Waals surface area contributed by atoms with Gasteiger partial charge in [-0.3, -0.25) is 0 Å². The Hall–Kier alpha value is -0.980. The Bertz CT molecular complexity index is 473. The van der Waals surface area contributed by atoms with Gasteiger partial charge in [0, 0.05) is 19.8 Å². The average Bonchev–Trinajstić information content (AvgIpc) is 2.91. The van der Waals surface area contributed by atoms with Crippen LogP contribution in [0.5, 0.6) is 0 Å². The van der Waals surface area contributed by atoms with E-state index in [0.717, 1.165) is 45.1 Å². The van der Waals surface area contributed by atoms with Gasteiger partial charge in [-0.1, -0.05) is 5.16 Å². The molecule has 0 saturated carbocycles. The summed E-state index contributed by atoms with van der Waals surface area (Å²) in [5, 5.41) is 14.7. The number of piperidine rings is 1. The third-order valence-electron chi connectivity index (χ3n) is 4.88. The minimum absolute atomic E-state index is 0.460. The molecule has 1 aromatic rings. The topological polar surface area (TPSA) is 71.6 Å². The molecule has 0 aliphatic carbocycles. The van der Waals surface area contributed by atoms with Crippen molar-refractivity contribution in [3.63, 3.8) is 0 Å². The van der Waals surface area contributed by atoms with Crippen molar-refractivity contribution in [2.45, 2.75) is 51.0 Å². The van der Waals surface area contributed by atoms with E-state index in [1.54, 1.807) is 6.92 Å². The van der Waals surface area contributed by atoms with Gasteiger partial charge in [-0.25, -0.2) is 0 Å². The van der Waals surface area contributed by atoms with Gasteiger partial charge in [-0.05, 0) is 58.0 Å². The van der Waals surface area contributed by atoms with Crippen LogP contribution < -0.4 is 0 Å². The predicted molar refractivity (Wildman–Crippen MR) is 81.5 cm³/mol. The summed E-state index contributed by atoms with van der Waals surface area (Å²) in [5.41, 5.74) is -0.729. The Morgan fingerprint density at radius 3 is 2.91 bits per heavy atom. The molecule has 0 radical (unpaired) electrons. The first-order valence-electron chi connectivity index (χ1n) is 8.45. The van der Waals surface area contributed by atoms with E-state index in [0.29, 0.717) is 24.7 Å². The zero-order valence-corrected chi connectivity index (χ0v) is 13.5. The molecule has 0 bridgehead atoms. The maximum atomic E-state index is 10.9. The fourth-order valence-electron chi connectivity index (χ4n) is 3.63. The lowest BCUT2D eigenvalue weighted by Gasteiger charge is -2.39. The first kappa shape index (κ1) is 15.9. The Kier molecular flexibility index (Phi) is 5.10. The highest BCUT2D eigenvalue weighted by molar-refractivity contribution is 4.96. The molecule has 2 saturated heterocycles. The summed E-state index contributed by atoms with van der Waals surface area (Å²) >= 11 is 0. The van der Waals surface area contributed by atoms with Gasteiger partial charge < -0.3 is 19.3 Å². The standard InChI is InChI=1S/C16H27N3O3/c1-13-17-15(22-18-13)11-16(20)6-2-7-19(12-16)8-3-14-4-9-21-10-5-14/h14,20H,2-12H2,1H3. The van der Waals surface area contributed by atoms with E-state index >= 15 is 0 Å². The maximum absolute atomic E-state index is 10.9. The second-order valence-corrected chi connectivity index (χ2v) is 6.86. The Morgan fingerprint density at radius 1 is 1.36 bits per heavy atom. The Labute approximate surface area is 131 Å². The highest BCUT2D eigenvalue weighted by atomic mass is 16.5. The molecule has 124 valence electrons. The SMILES string of the molecule is Cc1noc(CC2(O)CCCN(CCC3CCOCC3)C2)n1. The smallest absolute Gasteiger partial charge is 0.229 e. The molecule has 0 aromatic carbocycles. The van der Waals surface area contributed by atoms with Gasteiger partial charge in [0.15, 0.2) is 5.82 Å². The van der Waals surface area contributed by atoms with Crippen molar-refractivity contribution in [1.29, 1.82) is 0 Å². The zero-order valence-electron chi connectivity index (χ0n) is 13.5. The van der Waals surface area contributed by atoms with Gasteiger partial charge in [0.2, 0.25) is 5.89 Å². The molecule has 2 aliphatic heterocycles. The molecule has 1 aromatic heterocycles. The van der Waals surface area contributed by atoms with Crippen molar-refractivity contribution < 1.29 is 14.4 Å². The largest absolute Gasteiger partial charge is 0.388 e. The van der Waals surface area contributed by atoms with Crippen LogP contribution in [0.15, 0.2) is 4.52 Å². The number of β-amino-alcohol motifs (C(OH)–C–C–N with tert-alkyl or cyclic N) is 1. The van der Waals surface area contributed by atoms with Crippen molar-refractivity contribution in [2.24, 2.45) is 5.92 Å². The van der Waals surface area contributed by atoms with Gasteiger partial charge >= 0.3 is 0 Å². The van der Waals surface area contributed by atoms with E-state index in [2.05, 4.69) is 15.0 Å². The molecule has 22 heavy (non-hydrogen) atoms. The number of nitrogens with zero attached hydrogens (tertiary/aromatic N) is 3. The fraction of sp³-hybridized carbons (Fsp3) is 0.875. The average molecular weight is 309 g/mol. The van der Waals surface area contributed by atoms with Crippen LogP contribution >= 0.6 is 0 Å². The van der Waals surface area contributed by atoms with Crippen LogP contribution in [0.3, 0.4) is 0 Å². The number of ether oxygens (including phenoxy) is 1. The van der Waals surface area contributed by atoms with Crippen LogP contribution in [0.2, 0.25) is 0 Å². The molecule has 6 heteroatoms. The highest BCUT2D eigenvalue weighted by Gasteiger charge is 2.35. The van der Waals surface area contributed by atoms with Gasteiger partial charge in [0.05, 0.1) is 12.0 Å². The first-order valence-corrected chi connectivity index (χ1v) is 8.45. The lowest BCUT2D eigenvalue weighted by atomic mass is 9.88. The van der Waals surface area contributed by atoms with E-state index in [-0.39, 0.29) is 0 Å². The highest BCUT2D eigenvalue weighted by Crippen LogP contribution is 2.26. The quantitative estimate of drug-likeness (QED) is 0.890. The summed E-state index contributed by atoms with van der Waals surface area (Å²) in [5.74, 6) is 1.96. The Morgan fingerprint density at radius 2 is 2.18 bits per heavy atom. The number of hydrogen-bond donors (Lipinski definition) is 1. The van der Waals surface area contributed by atoms with Crippen molar-refractivity contribution in [3.05, 3.63) is 11.7 Å². The van der Waals surface area contributed by atoms with Crippen molar-refractivity contribution >= 4 is 0 Å². The van der Waals surface area contributed by atoms with Gasteiger partial charge in [0.25, 0.3) is 0 Å². The van der Waals surface area contributed by atoms with E-state index in [4.69, 9.17) is 9.26 Å². The third-order valence-corrected chi connectivity index (χ3v) is 4.88. The molecule has 0 amide bonds. The lowest BCUT2D eigenvalue weighted by Crippen LogP contribution is -2.50. The molecule has 3 heterocycles. The predicted octanol–water partition coefficient (Wildman–Crippen LogP) is 1.56. The minimum Gasteiger partial charge on any atom is -0.388 e. The van der Waals surface area contributed by atoms with Gasteiger partial charge in [0.1, 0.15) is 0 Å². The van der Waals surface area contributed by atoms with E-state index in [9.17, 15) is 5.11 Å². The third kappa shape index (κ3) is 4.27. The number of aromatic nitrogens is 2. The molecule has 2 aliphatic rings. The van der Waals surface area contributed by atoms with Crippen LogP contribution in [0.4, 0.5) is 0 Å². The molecule has 1 atom stereocenters. The number of aliphatic hydroxyl groups is 1. The normalized spacial score (nSPS) is 28.1. The van der Waals surface area contributed by atoms with Crippen LogP contribution in [0, 0.1) is 12.8 Å². The molecular weight excluding hydrogens is 282 g/mol. The summed E-state index contributed by atoms with van der Waals surface area (Å²) in [6.45, 7) is 6.47. The Balaban J connectivity index is 1.49. The molecule has 1 N–H and O–H groups in total. The van der Waals surface area contributed by atoms with E-state index < -0.39 is 5.60 Å². The maximum Gasteiger partial charge on any atom is 0.229 e. The minimum atomic E-state index is -0.729. The van der Waals surface area contributed by atoms with Crippen LogP contribution in [0.1, 0.15) is 43.8 Å². The summed E-state index contributed by atoms with van der Waals surface area (Å²) in [6, 6.07) is 0.